The van der Waals surface area contributed by atoms with Crippen LogP contribution in [0.5, 0.6) is 0 Å². The van der Waals surface area contributed by atoms with Crippen molar-refractivity contribution >= 4 is 71.0 Å². The van der Waals surface area contributed by atoms with Gasteiger partial charge in [-0.05, 0) is 79.9 Å². The molecular formula is C59H57GeIrN3S-2. The Bertz CT molecular complexity index is 3260. The van der Waals surface area contributed by atoms with Gasteiger partial charge >= 0.3 is 123 Å². The Morgan fingerprint density at radius 1 is 0.662 bits per heavy atom. The first kappa shape index (κ1) is 46.4. The maximum Gasteiger partial charge on any atom is 0 e. The van der Waals surface area contributed by atoms with E-state index >= 15 is 0 Å². The van der Waals surface area contributed by atoms with Gasteiger partial charge in [0.05, 0.1) is 16.9 Å². The summed E-state index contributed by atoms with van der Waals surface area (Å²) in [7, 11) is 0. The number of hydrogen-bond acceptors (Lipinski definition) is 3. The zero-order valence-corrected chi connectivity index (χ0v) is 44.5. The molecule has 10 aromatic rings. The number of nitrogens with zero attached hydrogens (tertiary/aromatic N) is 3. The normalized spacial score (nSPS) is 12.0. The first-order valence-electron chi connectivity index (χ1n) is 22.6. The average molecular weight is 1110 g/mol. The van der Waals surface area contributed by atoms with E-state index in [-0.39, 0.29) is 25.5 Å². The smallest absolute Gasteiger partial charge is 0 e. The van der Waals surface area contributed by atoms with Crippen molar-refractivity contribution in [3.05, 3.63) is 181 Å². The van der Waals surface area contributed by atoms with Crippen molar-refractivity contribution in [2.75, 3.05) is 0 Å². The van der Waals surface area contributed by atoms with Crippen LogP contribution in [0.25, 0.3) is 81.4 Å². The summed E-state index contributed by atoms with van der Waals surface area (Å²) in [5.41, 5.74) is 13.0. The van der Waals surface area contributed by atoms with Gasteiger partial charge in [-0.3, -0.25) is 4.98 Å². The van der Waals surface area contributed by atoms with E-state index < -0.39 is 13.3 Å². The fourth-order valence-corrected chi connectivity index (χ4v) is 12.3. The van der Waals surface area contributed by atoms with Gasteiger partial charge in [0.15, 0.2) is 0 Å². The Morgan fingerprint density at radius 3 is 1.97 bits per heavy atom. The second-order valence-corrected chi connectivity index (χ2v) is 31.4. The molecule has 0 fully saturated rings. The molecule has 329 valence electrons. The Hall–Kier alpha value is -5.17. The number of benzene rings is 7. The van der Waals surface area contributed by atoms with Crippen LogP contribution in [-0.4, -0.2) is 27.8 Å². The van der Waals surface area contributed by atoms with Crippen molar-refractivity contribution in [1.82, 2.24) is 14.5 Å². The third-order valence-corrected chi connectivity index (χ3v) is 17.8. The van der Waals surface area contributed by atoms with Gasteiger partial charge in [-0.2, -0.15) is 11.3 Å². The van der Waals surface area contributed by atoms with E-state index in [1.807, 2.05) is 17.4 Å². The minimum absolute atomic E-state index is 0. The molecule has 3 heterocycles. The summed E-state index contributed by atoms with van der Waals surface area (Å²) in [6.45, 7) is 16.1. The number of thiophene rings is 1. The Kier molecular flexibility index (Phi) is 13.3. The van der Waals surface area contributed by atoms with Gasteiger partial charge < -0.3 is 4.57 Å². The molecule has 65 heavy (non-hydrogen) atoms. The molecule has 1 radical (unpaired) electrons. The second-order valence-electron chi connectivity index (χ2n) is 19.7. The number of fused-ring (bicyclic) bond motifs is 5. The molecule has 10 rings (SSSR count). The maximum atomic E-state index is 5.39. The standard InChI is InChI=1S/C41H39N2S.C18H18GeN.Ir/c1-25(2)31-23-28(27-15-9-8-10-16-27)24-32(26(3)4)38(31)43-35-19-13-12-18-34(35)42-40(43)30-21-22-33(41(5,6)7)37-29-17-11-14-20-36(29)44-39(30)37;1-19(2,3)15-11-12-18(20-13-15)17-10-6-8-14-7-4-5-9-16(14)17;/h8-20,22-26H,1-7H3;4-9,11-13H,1-3H3;/q2*-1;. The van der Waals surface area contributed by atoms with Crippen molar-refractivity contribution in [2.45, 2.75) is 83.0 Å². The SMILES string of the molecule is CC(C)c1cc(-c2ccccc2)cc(C(C)C)c1-n1c(-c2[c-]cc(C(C)(C)C)c3c2sc2ccccc23)nc2ccccc21.[CH3][Ge]([CH3])([CH3])[c]1ccc(-c2[c-]ccc3ccccc23)nc1.[Ir]. The van der Waals surface area contributed by atoms with Crippen molar-refractivity contribution < 1.29 is 20.1 Å². The third kappa shape index (κ3) is 9.06. The van der Waals surface area contributed by atoms with Crippen LogP contribution in [0.3, 0.4) is 0 Å². The van der Waals surface area contributed by atoms with Crippen molar-refractivity contribution in [3.8, 4) is 39.5 Å². The summed E-state index contributed by atoms with van der Waals surface area (Å²) in [5, 5.41) is 5.10. The summed E-state index contributed by atoms with van der Waals surface area (Å²) in [6, 6.07) is 59.2. The Morgan fingerprint density at radius 2 is 1.31 bits per heavy atom. The summed E-state index contributed by atoms with van der Waals surface area (Å²) in [4.78, 5) is 10.1. The molecule has 0 bridgehead atoms. The maximum absolute atomic E-state index is 5.39. The summed E-state index contributed by atoms with van der Waals surface area (Å²) in [6.07, 6.45) is 2.06. The molecule has 0 unspecified atom stereocenters. The van der Waals surface area contributed by atoms with Gasteiger partial charge in [-0.25, -0.2) is 0 Å². The van der Waals surface area contributed by atoms with Gasteiger partial charge in [-0.15, -0.1) is 17.7 Å². The van der Waals surface area contributed by atoms with Gasteiger partial charge in [0.1, 0.15) is 0 Å². The summed E-state index contributed by atoms with van der Waals surface area (Å²) < 4.78 is 6.44. The van der Waals surface area contributed by atoms with Crippen LogP contribution < -0.4 is 4.40 Å². The quantitative estimate of drug-likeness (QED) is 0.118. The first-order valence-corrected chi connectivity index (χ1v) is 30.8. The molecule has 0 saturated carbocycles. The van der Waals surface area contributed by atoms with Gasteiger partial charge in [0.25, 0.3) is 0 Å². The number of pyridine rings is 1. The van der Waals surface area contributed by atoms with E-state index in [1.165, 1.54) is 68.8 Å². The number of imidazole rings is 1. The minimum Gasteiger partial charge on any atom is 0 e. The molecule has 0 saturated heterocycles. The van der Waals surface area contributed by atoms with Gasteiger partial charge in [0, 0.05) is 30.5 Å². The van der Waals surface area contributed by atoms with E-state index in [1.54, 1.807) is 0 Å². The predicted molar refractivity (Wildman–Crippen MR) is 280 cm³/mol. The summed E-state index contributed by atoms with van der Waals surface area (Å²) >= 11 is 0.0840. The molecule has 0 amide bonds. The van der Waals surface area contributed by atoms with E-state index in [4.69, 9.17) is 4.98 Å². The van der Waals surface area contributed by atoms with E-state index in [2.05, 4.69) is 233 Å². The van der Waals surface area contributed by atoms with Crippen LogP contribution in [0, 0.1) is 12.1 Å². The molecule has 7 aromatic carbocycles. The van der Waals surface area contributed by atoms with Crippen LogP contribution in [0.2, 0.25) is 17.3 Å². The zero-order chi connectivity index (χ0) is 44.9. The van der Waals surface area contributed by atoms with Crippen LogP contribution in [-0.2, 0) is 25.5 Å². The van der Waals surface area contributed by atoms with Gasteiger partial charge in [-0.1, -0.05) is 120 Å². The van der Waals surface area contributed by atoms with Crippen LogP contribution in [0.4, 0.5) is 0 Å². The second kappa shape index (κ2) is 18.6. The fraction of sp³-hybridized carbons (Fsp3) is 0.220. The molecule has 3 aromatic heterocycles. The Balaban J connectivity index is 0.000000230. The third-order valence-electron chi connectivity index (χ3n) is 12.4. The monoisotopic (exact) mass is 1110 g/mol. The van der Waals surface area contributed by atoms with Gasteiger partial charge in [0.2, 0.25) is 0 Å². The minimum atomic E-state index is -1.78. The number of rotatable bonds is 7. The fourth-order valence-electron chi connectivity index (χ4n) is 8.92. The number of para-hydroxylation sites is 2. The molecule has 0 spiro atoms. The van der Waals surface area contributed by atoms with E-state index in [0.29, 0.717) is 11.8 Å². The van der Waals surface area contributed by atoms with Crippen LogP contribution in [0.1, 0.15) is 77.0 Å². The van der Waals surface area contributed by atoms with E-state index in [9.17, 15) is 0 Å². The van der Waals surface area contributed by atoms with Crippen molar-refractivity contribution in [2.24, 2.45) is 0 Å². The van der Waals surface area contributed by atoms with E-state index in [0.717, 1.165) is 33.7 Å². The van der Waals surface area contributed by atoms with Crippen LogP contribution in [0.15, 0.2) is 152 Å². The zero-order valence-electron chi connectivity index (χ0n) is 39.2. The molecule has 6 heteroatoms. The molecule has 0 aliphatic rings. The van der Waals surface area contributed by atoms with Crippen molar-refractivity contribution in [3.63, 3.8) is 0 Å². The molecule has 0 aliphatic heterocycles. The first-order chi connectivity index (χ1) is 30.7. The topological polar surface area (TPSA) is 30.7 Å². The number of aromatic nitrogens is 3. The molecular weight excluding hydrogens is 1050 g/mol. The largest absolute Gasteiger partial charge is 0 e. The summed E-state index contributed by atoms with van der Waals surface area (Å²) in [5.74, 6) is 8.76. The van der Waals surface area contributed by atoms with Crippen molar-refractivity contribution in [1.29, 1.82) is 0 Å². The molecule has 0 atom stereocenters. The molecule has 0 N–H and O–H groups in total. The number of hydrogen-bond donors (Lipinski definition) is 0. The Labute approximate surface area is 405 Å². The predicted octanol–water partition coefficient (Wildman–Crippen LogP) is 16.3. The average Bonchev–Trinajstić information content (AvgIpc) is 3.87. The molecule has 0 aliphatic carbocycles. The van der Waals surface area contributed by atoms with Crippen LogP contribution >= 0.6 is 11.3 Å². The molecule has 3 nitrogen and oxygen atoms in total.